The number of nitrogens with zero attached hydrogens (tertiary/aromatic N) is 1. The number of amides is 1. The van der Waals surface area contributed by atoms with Crippen molar-refractivity contribution >= 4 is 15.9 Å². The number of hydrogen-bond donors (Lipinski definition) is 1. The Morgan fingerprint density at radius 3 is 2.18 bits per heavy atom. The highest BCUT2D eigenvalue weighted by Gasteiger charge is 2.24. The van der Waals surface area contributed by atoms with E-state index in [-0.39, 0.29) is 22.9 Å². The van der Waals surface area contributed by atoms with Crippen LogP contribution in [-0.4, -0.2) is 45.0 Å². The van der Waals surface area contributed by atoms with Gasteiger partial charge in [-0.05, 0) is 45.0 Å². The van der Waals surface area contributed by atoms with E-state index in [0.29, 0.717) is 12.3 Å². The maximum atomic E-state index is 12.2. The molecule has 0 saturated carbocycles. The lowest BCUT2D eigenvalue weighted by molar-refractivity contribution is -0.133. The molecule has 0 unspecified atom stereocenters. The first-order valence-corrected chi connectivity index (χ1v) is 8.48. The quantitative estimate of drug-likeness (QED) is 0.861. The van der Waals surface area contributed by atoms with Gasteiger partial charge in [-0.3, -0.25) is 4.79 Å². The van der Waals surface area contributed by atoms with E-state index in [2.05, 4.69) is 4.72 Å². The predicted molar refractivity (Wildman–Crippen MR) is 85.3 cm³/mol. The van der Waals surface area contributed by atoms with E-state index in [1.807, 2.05) is 20.8 Å². The standard InChI is InChI=1S/C15H24N2O4S/c1-12(18)17(15(2,3)4)11-10-16-22(19,20)14-8-6-13(21-5)7-9-14/h6-9,16H,10-11H2,1-5H3. The summed E-state index contributed by atoms with van der Waals surface area (Å²) in [5.41, 5.74) is -0.350. The van der Waals surface area contributed by atoms with Gasteiger partial charge in [-0.15, -0.1) is 0 Å². The minimum absolute atomic E-state index is 0.0869. The van der Waals surface area contributed by atoms with Gasteiger partial charge in [-0.2, -0.15) is 0 Å². The van der Waals surface area contributed by atoms with Crippen molar-refractivity contribution in [3.63, 3.8) is 0 Å². The van der Waals surface area contributed by atoms with Crippen molar-refractivity contribution < 1.29 is 17.9 Å². The van der Waals surface area contributed by atoms with Crippen LogP contribution in [0, 0.1) is 0 Å². The average Bonchev–Trinajstić information content (AvgIpc) is 2.42. The first-order valence-electron chi connectivity index (χ1n) is 7.00. The number of rotatable bonds is 6. The SMILES string of the molecule is COc1ccc(S(=O)(=O)NCCN(C(C)=O)C(C)(C)C)cc1. The second-order valence-electron chi connectivity index (χ2n) is 5.91. The topological polar surface area (TPSA) is 75.7 Å². The zero-order valence-corrected chi connectivity index (χ0v) is 14.5. The van der Waals surface area contributed by atoms with Crippen LogP contribution in [0.2, 0.25) is 0 Å². The highest BCUT2D eigenvalue weighted by atomic mass is 32.2. The van der Waals surface area contributed by atoms with Crippen LogP contribution >= 0.6 is 0 Å². The molecule has 22 heavy (non-hydrogen) atoms. The lowest BCUT2D eigenvalue weighted by Crippen LogP contribution is -2.48. The minimum atomic E-state index is -3.60. The van der Waals surface area contributed by atoms with E-state index >= 15 is 0 Å². The predicted octanol–water partition coefficient (Wildman–Crippen LogP) is 1.62. The van der Waals surface area contributed by atoms with Gasteiger partial charge >= 0.3 is 0 Å². The van der Waals surface area contributed by atoms with E-state index in [1.54, 1.807) is 17.0 Å². The number of ether oxygens (including phenoxy) is 1. The van der Waals surface area contributed by atoms with Crippen LogP contribution in [0.15, 0.2) is 29.2 Å². The molecule has 1 aromatic rings. The third-order valence-corrected chi connectivity index (χ3v) is 4.66. The molecule has 1 N–H and O–H groups in total. The van der Waals surface area contributed by atoms with Crippen molar-refractivity contribution in [3.8, 4) is 5.75 Å². The normalized spacial score (nSPS) is 12.0. The number of carbonyl (C=O) groups excluding carboxylic acids is 1. The van der Waals surface area contributed by atoms with Gasteiger partial charge in [0.15, 0.2) is 0 Å². The first kappa shape index (κ1) is 18.4. The van der Waals surface area contributed by atoms with Crippen LogP contribution in [-0.2, 0) is 14.8 Å². The van der Waals surface area contributed by atoms with Crippen molar-refractivity contribution in [1.82, 2.24) is 9.62 Å². The fourth-order valence-electron chi connectivity index (χ4n) is 2.10. The second-order valence-corrected chi connectivity index (χ2v) is 7.68. The van der Waals surface area contributed by atoms with Crippen molar-refractivity contribution in [2.45, 2.75) is 38.1 Å². The summed E-state index contributed by atoms with van der Waals surface area (Å²) in [7, 11) is -2.08. The number of sulfonamides is 1. The van der Waals surface area contributed by atoms with Gasteiger partial charge < -0.3 is 9.64 Å². The van der Waals surface area contributed by atoms with Crippen molar-refractivity contribution in [2.24, 2.45) is 0 Å². The molecule has 0 aliphatic rings. The smallest absolute Gasteiger partial charge is 0.240 e. The van der Waals surface area contributed by atoms with Crippen LogP contribution in [0.25, 0.3) is 0 Å². The summed E-state index contributed by atoms with van der Waals surface area (Å²) >= 11 is 0. The van der Waals surface area contributed by atoms with Gasteiger partial charge in [0.2, 0.25) is 15.9 Å². The lowest BCUT2D eigenvalue weighted by atomic mass is 10.1. The number of nitrogens with one attached hydrogen (secondary N) is 1. The fourth-order valence-corrected chi connectivity index (χ4v) is 3.12. The molecule has 0 aliphatic heterocycles. The van der Waals surface area contributed by atoms with Gasteiger partial charge in [0.25, 0.3) is 0 Å². The molecular weight excluding hydrogens is 304 g/mol. The van der Waals surface area contributed by atoms with Gasteiger partial charge in [-0.1, -0.05) is 0 Å². The molecule has 0 heterocycles. The number of benzene rings is 1. The summed E-state index contributed by atoms with van der Waals surface area (Å²) in [4.78, 5) is 13.4. The highest BCUT2D eigenvalue weighted by Crippen LogP contribution is 2.16. The summed E-state index contributed by atoms with van der Waals surface area (Å²) in [6.45, 7) is 7.67. The van der Waals surface area contributed by atoms with Crippen LogP contribution < -0.4 is 9.46 Å². The zero-order valence-electron chi connectivity index (χ0n) is 13.7. The minimum Gasteiger partial charge on any atom is -0.497 e. The van der Waals surface area contributed by atoms with Gasteiger partial charge in [0, 0.05) is 25.6 Å². The molecule has 1 rings (SSSR count). The van der Waals surface area contributed by atoms with Gasteiger partial charge in [-0.25, -0.2) is 13.1 Å². The molecule has 0 bridgehead atoms. The molecule has 0 spiro atoms. The van der Waals surface area contributed by atoms with Crippen LogP contribution in [0.1, 0.15) is 27.7 Å². The van der Waals surface area contributed by atoms with Crippen molar-refractivity contribution in [2.75, 3.05) is 20.2 Å². The fraction of sp³-hybridized carbons (Fsp3) is 0.533. The molecule has 0 fully saturated rings. The molecule has 124 valence electrons. The Bertz CT molecular complexity index is 603. The molecule has 0 atom stereocenters. The van der Waals surface area contributed by atoms with Gasteiger partial charge in [0.05, 0.1) is 12.0 Å². The lowest BCUT2D eigenvalue weighted by Gasteiger charge is -2.35. The van der Waals surface area contributed by atoms with Crippen LogP contribution in [0.3, 0.4) is 0 Å². The number of carbonyl (C=O) groups is 1. The number of hydrogen-bond acceptors (Lipinski definition) is 4. The molecule has 7 heteroatoms. The second kappa shape index (κ2) is 7.11. The molecule has 0 radical (unpaired) electrons. The summed E-state index contributed by atoms with van der Waals surface area (Å²) < 4.78 is 31.9. The Kier molecular flexibility index (Phi) is 5.96. The summed E-state index contributed by atoms with van der Waals surface area (Å²) in [6, 6.07) is 6.14. The van der Waals surface area contributed by atoms with Crippen LogP contribution in [0.4, 0.5) is 0 Å². The third-order valence-electron chi connectivity index (χ3n) is 3.19. The van der Waals surface area contributed by atoms with Gasteiger partial charge in [0.1, 0.15) is 5.75 Å². The first-order chi connectivity index (χ1) is 10.1. The Hall–Kier alpha value is -1.60. The highest BCUT2D eigenvalue weighted by molar-refractivity contribution is 7.89. The van der Waals surface area contributed by atoms with Crippen LogP contribution in [0.5, 0.6) is 5.75 Å². The monoisotopic (exact) mass is 328 g/mol. The largest absolute Gasteiger partial charge is 0.497 e. The molecule has 1 aromatic carbocycles. The molecule has 0 saturated heterocycles. The van der Waals surface area contributed by atoms with E-state index in [9.17, 15) is 13.2 Å². The Morgan fingerprint density at radius 2 is 1.77 bits per heavy atom. The maximum Gasteiger partial charge on any atom is 0.240 e. The number of methoxy groups -OCH3 is 1. The Balaban J connectivity index is 2.71. The Morgan fingerprint density at radius 1 is 1.23 bits per heavy atom. The Labute approximate surface area is 132 Å². The molecule has 0 aromatic heterocycles. The van der Waals surface area contributed by atoms with Crippen molar-refractivity contribution in [1.29, 1.82) is 0 Å². The molecular formula is C15H24N2O4S. The summed E-state index contributed by atoms with van der Waals surface area (Å²) in [5, 5.41) is 0. The maximum absolute atomic E-state index is 12.2. The zero-order chi connectivity index (χ0) is 17.0. The molecule has 6 nitrogen and oxygen atoms in total. The van der Waals surface area contributed by atoms with E-state index in [4.69, 9.17) is 4.74 Å². The van der Waals surface area contributed by atoms with Crippen molar-refractivity contribution in [3.05, 3.63) is 24.3 Å². The third kappa shape index (κ3) is 4.99. The molecule has 1 amide bonds. The summed E-state index contributed by atoms with van der Waals surface area (Å²) in [5.74, 6) is 0.505. The van der Waals surface area contributed by atoms with E-state index in [0.717, 1.165) is 0 Å². The molecule has 0 aliphatic carbocycles. The summed E-state index contributed by atoms with van der Waals surface area (Å²) in [6.07, 6.45) is 0. The van der Waals surface area contributed by atoms with E-state index < -0.39 is 10.0 Å². The average molecular weight is 328 g/mol. The van der Waals surface area contributed by atoms with E-state index in [1.165, 1.54) is 26.2 Å².